The number of carbonyl (C=O) groups is 2. The number of aliphatic hydroxyl groups is 1. The van der Waals surface area contributed by atoms with Gasteiger partial charge in [0.25, 0.3) is 0 Å². The summed E-state index contributed by atoms with van der Waals surface area (Å²) in [5.41, 5.74) is 1.36. The normalized spacial score (nSPS) is 14.2. The minimum Gasteiger partial charge on any atom is -0.453 e. The van der Waals surface area contributed by atoms with Crippen LogP contribution in [-0.2, 0) is 19.6 Å². The number of nitrogens with one attached hydrogen (secondary N) is 3. The predicted molar refractivity (Wildman–Crippen MR) is 201 cm³/mol. The van der Waals surface area contributed by atoms with E-state index in [1.165, 1.54) is 12.1 Å². The molecule has 0 aliphatic heterocycles. The van der Waals surface area contributed by atoms with Gasteiger partial charge in [-0.1, -0.05) is 87.5 Å². The summed E-state index contributed by atoms with van der Waals surface area (Å²) in [5, 5.41) is 15.7. The molecule has 0 spiro atoms. The van der Waals surface area contributed by atoms with Gasteiger partial charge in [-0.2, -0.15) is 17.5 Å². The molecule has 2 aromatic heterocycles. The number of aromatic nitrogens is 1. The van der Waals surface area contributed by atoms with E-state index < -0.39 is 58.9 Å². The molecule has 288 valence electrons. The predicted octanol–water partition coefficient (Wildman–Crippen LogP) is 7.67. The Bertz CT molecular complexity index is 2090. The number of methoxy groups -OCH3 is 1. The summed E-state index contributed by atoms with van der Waals surface area (Å²) >= 11 is 0.633. The van der Waals surface area contributed by atoms with Crippen molar-refractivity contribution in [3.05, 3.63) is 124 Å². The largest absolute Gasteiger partial charge is 0.453 e. The molecule has 3 atom stereocenters. The first-order valence-corrected chi connectivity index (χ1v) is 19.4. The standard InChI is InChI=1S/C39H43F3N4O6S2/c1-38(2,3)21-23-46(54(50,51)32-17-11-16-28-27(32)20-22-43-28)29(24-47)30-18-19-31(53-30)35(39(40,41)42)45-36(48)34(44-37(49)52-4)33(25-12-7-5-8-13-25)26-14-9-6-10-15-26/h5-20,22,29,33-35,43,47H,21,23-24H2,1-4H3,(H,44,49)(H,45,48)/t29-,34+,35-/m1/s1. The van der Waals surface area contributed by atoms with Crippen molar-refractivity contribution in [1.29, 1.82) is 0 Å². The molecule has 0 unspecified atom stereocenters. The monoisotopic (exact) mass is 784 g/mol. The third kappa shape index (κ3) is 9.32. The Hall–Kier alpha value is -4.70. The lowest BCUT2D eigenvalue weighted by atomic mass is 9.84. The highest BCUT2D eigenvalue weighted by molar-refractivity contribution is 7.89. The lowest BCUT2D eigenvalue weighted by Crippen LogP contribution is -2.52. The van der Waals surface area contributed by atoms with Crippen LogP contribution in [0.25, 0.3) is 10.9 Å². The molecule has 2 amide bonds. The number of fused-ring (bicyclic) bond motifs is 1. The zero-order valence-corrected chi connectivity index (χ0v) is 31.8. The zero-order valence-electron chi connectivity index (χ0n) is 30.1. The molecule has 2 heterocycles. The average Bonchev–Trinajstić information content (AvgIpc) is 3.82. The highest BCUT2D eigenvalue weighted by Gasteiger charge is 2.46. The second-order valence-corrected chi connectivity index (χ2v) is 17.0. The number of hydrogen-bond donors (Lipinski definition) is 4. The molecular weight excluding hydrogens is 742 g/mol. The SMILES string of the molecule is COC(=O)N[C@H](C(=O)N[C@H](c1ccc([C@@H](CO)N(CCC(C)(C)C)S(=O)(=O)c2cccc3[nH]ccc23)s1)C(F)(F)F)C(c1ccccc1)c1ccccc1. The van der Waals surface area contributed by atoms with Gasteiger partial charge < -0.3 is 25.5 Å². The number of sulfonamides is 1. The van der Waals surface area contributed by atoms with E-state index in [1.807, 2.05) is 20.8 Å². The van der Waals surface area contributed by atoms with Crippen LogP contribution in [0.3, 0.4) is 0 Å². The van der Waals surface area contributed by atoms with Crippen molar-refractivity contribution < 1.29 is 41.0 Å². The van der Waals surface area contributed by atoms with E-state index in [0.717, 1.165) is 17.5 Å². The molecule has 0 aliphatic rings. The third-order valence-corrected chi connectivity index (χ3v) is 12.2. The number of alkyl halides is 3. The van der Waals surface area contributed by atoms with Crippen molar-refractivity contribution in [2.45, 2.75) is 62.3 Å². The number of H-pyrrole nitrogens is 1. The Balaban J connectivity index is 1.53. The van der Waals surface area contributed by atoms with Crippen LogP contribution in [-0.4, -0.2) is 67.3 Å². The van der Waals surface area contributed by atoms with Crippen molar-refractivity contribution >= 4 is 44.3 Å². The highest BCUT2D eigenvalue weighted by Crippen LogP contribution is 2.41. The van der Waals surface area contributed by atoms with Gasteiger partial charge in [-0.25, -0.2) is 13.2 Å². The van der Waals surface area contributed by atoms with Gasteiger partial charge in [0.1, 0.15) is 6.04 Å². The molecule has 0 aliphatic carbocycles. The van der Waals surface area contributed by atoms with Gasteiger partial charge in [-0.3, -0.25) is 4.79 Å². The van der Waals surface area contributed by atoms with Crippen molar-refractivity contribution in [3.8, 4) is 0 Å². The van der Waals surface area contributed by atoms with Crippen LogP contribution in [0, 0.1) is 5.41 Å². The number of thiophene rings is 1. The first kappa shape index (κ1) is 40.5. The number of halogens is 3. The van der Waals surface area contributed by atoms with Gasteiger partial charge in [0.15, 0.2) is 6.04 Å². The number of benzene rings is 3. The Morgan fingerprint density at radius 2 is 1.48 bits per heavy atom. The molecule has 0 radical (unpaired) electrons. The third-order valence-electron chi connectivity index (χ3n) is 9.01. The van der Waals surface area contributed by atoms with E-state index in [4.69, 9.17) is 4.74 Å². The van der Waals surface area contributed by atoms with Gasteiger partial charge in [-0.15, -0.1) is 11.3 Å². The Labute approximate surface area is 316 Å². The molecule has 10 nitrogen and oxygen atoms in total. The van der Waals surface area contributed by atoms with E-state index in [2.05, 4.69) is 15.6 Å². The van der Waals surface area contributed by atoms with Crippen molar-refractivity contribution in [1.82, 2.24) is 19.9 Å². The lowest BCUT2D eigenvalue weighted by molar-refractivity contribution is -0.163. The van der Waals surface area contributed by atoms with Crippen LogP contribution in [0.4, 0.5) is 18.0 Å². The number of ether oxygens (including phenoxy) is 1. The van der Waals surface area contributed by atoms with Crippen LogP contribution in [0.15, 0.2) is 108 Å². The molecule has 0 saturated heterocycles. The van der Waals surface area contributed by atoms with E-state index in [9.17, 15) is 36.3 Å². The first-order valence-electron chi connectivity index (χ1n) is 17.1. The first-order chi connectivity index (χ1) is 25.5. The fraction of sp³-hybridized carbons (Fsp3) is 0.333. The molecule has 0 saturated carbocycles. The zero-order chi connectivity index (χ0) is 39.3. The molecule has 0 bridgehead atoms. The number of carbonyl (C=O) groups excluding carboxylic acids is 2. The summed E-state index contributed by atoms with van der Waals surface area (Å²) in [4.78, 5) is 29.4. The molecule has 15 heteroatoms. The maximum Gasteiger partial charge on any atom is 0.413 e. The van der Waals surface area contributed by atoms with Crippen molar-refractivity contribution in [2.24, 2.45) is 5.41 Å². The maximum atomic E-state index is 15.0. The molecular formula is C39H43F3N4O6S2. The van der Waals surface area contributed by atoms with Crippen LogP contribution in [0.1, 0.15) is 66.1 Å². The van der Waals surface area contributed by atoms with Crippen LogP contribution >= 0.6 is 11.3 Å². The summed E-state index contributed by atoms with van der Waals surface area (Å²) in [5.74, 6) is -2.05. The number of aliphatic hydroxyl groups excluding tert-OH is 1. The Kier molecular flexibility index (Phi) is 12.6. The van der Waals surface area contributed by atoms with Gasteiger partial charge in [0.2, 0.25) is 15.9 Å². The average molecular weight is 785 g/mol. The van der Waals surface area contributed by atoms with E-state index >= 15 is 0 Å². The number of hydrogen-bond acceptors (Lipinski definition) is 7. The molecule has 5 rings (SSSR count). The summed E-state index contributed by atoms with van der Waals surface area (Å²) in [6.07, 6.45) is -4.05. The summed E-state index contributed by atoms with van der Waals surface area (Å²) in [6, 6.07) is 20.7. The van der Waals surface area contributed by atoms with E-state index in [0.29, 0.717) is 39.8 Å². The van der Waals surface area contributed by atoms with E-state index in [-0.39, 0.29) is 26.6 Å². The second kappa shape index (κ2) is 16.8. The molecule has 0 fully saturated rings. The smallest absolute Gasteiger partial charge is 0.413 e. The van der Waals surface area contributed by atoms with Crippen molar-refractivity contribution in [3.63, 3.8) is 0 Å². The van der Waals surface area contributed by atoms with Crippen LogP contribution in [0.2, 0.25) is 0 Å². The molecule has 5 aromatic rings. The quantitative estimate of drug-likeness (QED) is 0.0912. The molecule has 4 N–H and O–H groups in total. The lowest BCUT2D eigenvalue weighted by Gasteiger charge is -2.32. The number of aromatic amines is 1. The second-order valence-electron chi connectivity index (χ2n) is 14.0. The number of nitrogens with zero attached hydrogens (tertiary/aromatic N) is 1. The maximum absolute atomic E-state index is 15.0. The Morgan fingerprint density at radius 3 is 2.04 bits per heavy atom. The summed E-state index contributed by atoms with van der Waals surface area (Å²) in [6.45, 7) is 5.03. The topological polar surface area (TPSA) is 141 Å². The summed E-state index contributed by atoms with van der Waals surface area (Å²) < 4.78 is 79.6. The molecule has 3 aromatic carbocycles. The summed E-state index contributed by atoms with van der Waals surface area (Å²) in [7, 11) is -3.23. The van der Waals surface area contributed by atoms with Crippen LogP contribution < -0.4 is 10.6 Å². The van der Waals surface area contributed by atoms with Gasteiger partial charge >= 0.3 is 12.3 Å². The van der Waals surface area contributed by atoms with Gasteiger partial charge in [0.05, 0.1) is 24.7 Å². The van der Waals surface area contributed by atoms with E-state index in [1.54, 1.807) is 85.1 Å². The highest BCUT2D eigenvalue weighted by atomic mass is 32.2. The van der Waals surface area contributed by atoms with Crippen LogP contribution in [0.5, 0.6) is 0 Å². The fourth-order valence-electron chi connectivity index (χ4n) is 6.25. The van der Waals surface area contributed by atoms with Gasteiger partial charge in [-0.05, 0) is 53.3 Å². The minimum absolute atomic E-state index is 0.0126. The number of alkyl carbamates (subject to hydrolysis) is 1. The Morgan fingerprint density at radius 1 is 0.870 bits per heavy atom. The number of rotatable bonds is 14. The fourth-order valence-corrected chi connectivity index (χ4v) is 9.32. The number of amides is 2. The molecule has 54 heavy (non-hydrogen) atoms. The minimum atomic E-state index is -5.01. The van der Waals surface area contributed by atoms with Crippen molar-refractivity contribution in [2.75, 3.05) is 20.3 Å². The van der Waals surface area contributed by atoms with Gasteiger partial charge in [0, 0.05) is 39.3 Å².